The molecule has 0 aliphatic rings. The molecule has 0 aromatic heterocycles. The van der Waals surface area contributed by atoms with E-state index in [1.807, 2.05) is 0 Å². The minimum absolute atomic E-state index is 0.194. The second-order valence-corrected chi connectivity index (χ2v) is 6.95. The largest absolute Gasteiger partial charge is 0.402 e. The van der Waals surface area contributed by atoms with E-state index in [4.69, 9.17) is 16.7 Å². The molecule has 0 aliphatic carbocycles. The summed E-state index contributed by atoms with van der Waals surface area (Å²) in [6.07, 6.45) is -4.67. The van der Waals surface area contributed by atoms with Gasteiger partial charge in [-0.3, -0.25) is 0 Å². The number of nitrogens with zero attached hydrogens (tertiary/aromatic N) is 1. The average molecular weight is 346 g/mol. The maximum atomic E-state index is 12.6. The van der Waals surface area contributed by atoms with Crippen LogP contribution in [0.1, 0.15) is 19.4 Å². The highest BCUT2D eigenvalue weighted by molar-refractivity contribution is 7.89. The highest BCUT2D eigenvalue weighted by Crippen LogP contribution is 2.29. The number of aliphatic hydroxyl groups excluding tert-OH is 1. The van der Waals surface area contributed by atoms with E-state index in [0.717, 1.165) is 6.07 Å². The molecule has 1 rings (SSSR count). The minimum Gasteiger partial charge on any atom is -0.392 e. The first-order chi connectivity index (χ1) is 9.49. The van der Waals surface area contributed by atoms with Crippen LogP contribution in [-0.2, 0) is 16.6 Å². The fraction of sp³-hybridized carbons (Fsp3) is 0.500. The quantitative estimate of drug-likeness (QED) is 0.892. The van der Waals surface area contributed by atoms with Gasteiger partial charge in [0.1, 0.15) is 11.4 Å². The van der Waals surface area contributed by atoms with E-state index in [-0.39, 0.29) is 10.6 Å². The van der Waals surface area contributed by atoms with Gasteiger partial charge in [-0.15, -0.1) is 0 Å². The van der Waals surface area contributed by atoms with Gasteiger partial charge in [-0.05, 0) is 31.5 Å². The molecule has 0 atom stereocenters. The van der Waals surface area contributed by atoms with Crippen molar-refractivity contribution in [1.82, 2.24) is 4.31 Å². The minimum atomic E-state index is -4.67. The Kier molecular flexibility index (Phi) is 5.65. The molecule has 0 heterocycles. The lowest BCUT2D eigenvalue weighted by Crippen LogP contribution is -2.43. The van der Waals surface area contributed by atoms with Crippen LogP contribution in [0.2, 0.25) is 5.02 Å². The van der Waals surface area contributed by atoms with Gasteiger partial charge in [0.25, 0.3) is 0 Å². The molecule has 0 unspecified atom stereocenters. The van der Waals surface area contributed by atoms with E-state index in [0.29, 0.717) is 4.31 Å². The molecule has 120 valence electrons. The molecule has 4 nitrogen and oxygen atoms in total. The summed E-state index contributed by atoms with van der Waals surface area (Å²) in [6.45, 7) is 0.632. The number of hydrogen-bond donors (Lipinski definition) is 1. The van der Waals surface area contributed by atoms with Gasteiger partial charge in [-0.25, -0.2) is 8.42 Å². The SMILES string of the molecule is CC(C)N(CC(F)(F)F)S(=O)(=O)c1cc(CO)ccc1Cl. The van der Waals surface area contributed by atoms with Crippen molar-refractivity contribution >= 4 is 21.6 Å². The van der Waals surface area contributed by atoms with Crippen molar-refractivity contribution < 1.29 is 26.7 Å². The summed E-state index contributed by atoms with van der Waals surface area (Å²) in [7, 11) is -4.43. The number of aliphatic hydroxyl groups is 1. The topological polar surface area (TPSA) is 57.6 Å². The van der Waals surface area contributed by atoms with Gasteiger partial charge in [0.15, 0.2) is 0 Å². The lowest BCUT2D eigenvalue weighted by molar-refractivity contribution is -0.138. The van der Waals surface area contributed by atoms with Gasteiger partial charge in [0, 0.05) is 6.04 Å². The van der Waals surface area contributed by atoms with Crippen molar-refractivity contribution in [3.63, 3.8) is 0 Å². The van der Waals surface area contributed by atoms with Crippen molar-refractivity contribution in [3.8, 4) is 0 Å². The number of rotatable bonds is 5. The van der Waals surface area contributed by atoms with Gasteiger partial charge >= 0.3 is 6.18 Å². The highest BCUT2D eigenvalue weighted by atomic mass is 35.5. The van der Waals surface area contributed by atoms with Gasteiger partial charge in [0.05, 0.1) is 11.6 Å². The summed E-state index contributed by atoms with van der Waals surface area (Å²) in [5, 5.41) is 8.83. The maximum absolute atomic E-state index is 12.6. The van der Waals surface area contributed by atoms with Crippen LogP contribution < -0.4 is 0 Å². The van der Waals surface area contributed by atoms with Crippen LogP contribution in [0.5, 0.6) is 0 Å². The lowest BCUT2D eigenvalue weighted by Gasteiger charge is -2.27. The van der Waals surface area contributed by atoms with Gasteiger partial charge in [-0.2, -0.15) is 17.5 Å². The van der Waals surface area contributed by atoms with Crippen molar-refractivity contribution in [1.29, 1.82) is 0 Å². The first-order valence-electron chi connectivity index (χ1n) is 5.97. The van der Waals surface area contributed by atoms with Crippen molar-refractivity contribution in [3.05, 3.63) is 28.8 Å². The van der Waals surface area contributed by atoms with Gasteiger partial charge in [-0.1, -0.05) is 17.7 Å². The Hall–Kier alpha value is -0.830. The van der Waals surface area contributed by atoms with Crippen molar-refractivity contribution in [2.75, 3.05) is 6.54 Å². The number of benzene rings is 1. The zero-order valence-electron chi connectivity index (χ0n) is 11.4. The molecule has 0 aliphatic heterocycles. The fourth-order valence-electron chi connectivity index (χ4n) is 1.69. The molecule has 0 bridgehead atoms. The molecule has 0 amide bonds. The molecule has 0 radical (unpaired) electrons. The molecule has 1 N–H and O–H groups in total. The van der Waals surface area contributed by atoms with Crippen LogP contribution in [-0.4, -0.2) is 36.6 Å². The summed E-state index contributed by atoms with van der Waals surface area (Å²) in [6, 6.07) is 2.80. The molecule has 1 aromatic rings. The zero-order chi connectivity index (χ0) is 16.4. The number of sulfonamides is 1. The standard InChI is InChI=1S/C12H15ClF3NO3S/c1-8(2)17(7-12(14,15)16)21(19,20)11-5-9(6-18)3-4-10(11)13/h3-5,8,18H,6-7H2,1-2H3. The van der Waals surface area contributed by atoms with Crippen molar-refractivity contribution in [2.45, 2.75) is 37.6 Å². The number of halogens is 4. The van der Waals surface area contributed by atoms with E-state index in [9.17, 15) is 21.6 Å². The Morgan fingerprint density at radius 2 is 1.90 bits per heavy atom. The molecule has 0 fully saturated rings. The third-order valence-corrected chi connectivity index (χ3v) is 5.18. The lowest BCUT2D eigenvalue weighted by atomic mass is 10.2. The second-order valence-electron chi connectivity index (χ2n) is 4.68. The van der Waals surface area contributed by atoms with E-state index in [2.05, 4.69) is 0 Å². The summed E-state index contributed by atoms with van der Waals surface area (Å²) in [5.74, 6) is 0. The zero-order valence-corrected chi connectivity index (χ0v) is 12.9. The van der Waals surface area contributed by atoms with E-state index in [1.54, 1.807) is 0 Å². The molecule has 0 spiro atoms. The normalized spacial score (nSPS) is 13.2. The van der Waals surface area contributed by atoms with Crippen LogP contribution >= 0.6 is 11.6 Å². The van der Waals surface area contributed by atoms with E-state index < -0.39 is 40.3 Å². The number of alkyl halides is 3. The van der Waals surface area contributed by atoms with Crippen LogP contribution in [0.4, 0.5) is 13.2 Å². The Morgan fingerprint density at radius 3 is 2.33 bits per heavy atom. The molecule has 21 heavy (non-hydrogen) atoms. The third kappa shape index (κ3) is 4.57. The second kappa shape index (κ2) is 6.51. The summed E-state index contributed by atoms with van der Waals surface area (Å²) in [5.41, 5.74) is 0.244. The van der Waals surface area contributed by atoms with Crippen LogP contribution in [0.15, 0.2) is 23.1 Å². The summed E-state index contributed by atoms with van der Waals surface area (Å²) < 4.78 is 62.9. The van der Waals surface area contributed by atoms with Gasteiger partial charge < -0.3 is 5.11 Å². The predicted molar refractivity (Wildman–Crippen MR) is 72.5 cm³/mol. The monoisotopic (exact) mass is 345 g/mol. The van der Waals surface area contributed by atoms with Crippen LogP contribution in [0.3, 0.4) is 0 Å². The third-order valence-electron chi connectivity index (χ3n) is 2.68. The average Bonchev–Trinajstić information content (AvgIpc) is 2.35. The van der Waals surface area contributed by atoms with E-state index >= 15 is 0 Å². The fourth-order valence-corrected chi connectivity index (χ4v) is 3.84. The molecule has 1 aromatic carbocycles. The molecule has 0 saturated heterocycles. The molecule has 9 heteroatoms. The first kappa shape index (κ1) is 18.2. The number of hydrogen-bond acceptors (Lipinski definition) is 3. The van der Waals surface area contributed by atoms with Crippen LogP contribution in [0, 0.1) is 0 Å². The summed E-state index contributed by atoms with van der Waals surface area (Å²) in [4.78, 5) is -0.450. The molecular formula is C12H15ClF3NO3S. The maximum Gasteiger partial charge on any atom is 0.402 e. The Morgan fingerprint density at radius 1 is 1.33 bits per heavy atom. The van der Waals surface area contributed by atoms with Gasteiger partial charge in [0.2, 0.25) is 10.0 Å². The molecule has 0 saturated carbocycles. The van der Waals surface area contributed by atoms with Crippen molar-refractivity contribution in [2.24, 2.45) is 0 Å². The Labute approximate surface area is 126 Å². The predicted octanol–water partition coefficient (Wildman–Crippen LogP) is 2.79. The Bertz CT molecular complexity index is 602. The summed E-state index contributed by atoms with van der Waals surface area (Å²) >= 11 is 5.79. The van der Waals surface area contributed by atoms with Crippen LogP contribution in [0.25, 0.3) is 0 Å². The molecular weight excluding hydrogens is 331 g/mol. The highest BCUT2D eigenvalue weighted by Gasteiger charge is 2.39. The first-order valence-corrected chi connectivity index (χ1v) is 7.78. The van der Waals surface area contributed by atoms with E-state index in [1.165, 1.54) is 26.0 Å². The Balaban J connectivity index is 3.36. The smallest absolute Gasteiger partial charge is 0.392 e.